The van der Waals surface area contributed by atoms with E-state index < -0.39 is 0 Å². The number of methoxy groups -OCH3 is 1. The average Bonchev–Trinajstić information content (AvgIpc) is 2.28. The summed E-state index contributed by atoms with van der Waals surface area (Å²) in [6.45, 7) is 3.18. The van der Waals surface area contributed by atoms with Crippen LogP contribution in [0.3, 0.4) is 0 Å². The fourth-order valence-corrected chi connectivity index (χ4v) is 1.62. The summed E-state index contributed by atoms with van der Waals surface area (Å²) >= 11 is 5.85. The Bertz CT molecular complexity index is 385. The van der Waals surface area contributed by atoms with Crippen molar-refractivity contribution in [2.45, 2.75) is 19.8 Å². The van der Waals surface area contributed by atoms with Gasteiger partial charge in [0.15, 0.2) is 6.29 Å². The molecule has 0 saturated heterocycles. The molecular weight excluding hydrogens is 242 g/mol. The van der Waals surface area contributed by atoms with Crippen LogP contribution in [0.2, 0.25) is 5.15 Å². The van der Waals surface area contributed by atoms with Crippen molar-refractivity contribution in [1.82, 2.24) is 9.97 Å². The van der Waals surface area contributed by atoms with Crippen LogP contribution in [0.15, 0.2) is 0 Å². The summed E-state index contributed by atoms with van der Waals surface area (Å²) in [4.78, 5) is 18.9. The van der Waals surface area contributed by atoms with Crippen LogP contribution in [0.25, 0.3) is 0 Å². The fourth-order valence-electron chi connectivity index (χ4n) is 1.36. The summed E-state index contributed by atoms with van der Waals surface area (Å²) in [5.41, 5.74) is 0.309. The Morgan fingerprint density at radius 1 is 1.41 bits per heavy atom. The van der Waals surface area contributed by atoms with E-state index in [9.17, 15) is 4.79 Å². The smallest absolute Gasteiger partial charge is 0.156 e. The molecule has 1 aromatic rings. The van der Waals surface area contributed by atoms with E-state index in [0.29, 0.717) is 23.5 Å². The van der Waals surface area contributed by atoms with Crippen molar-refractivity contribution >= 4 is 23.7 Å². The average molecular weight is 258 g/mol. The Hall–Kier alpha value is -1.20. The summed E-state index contributed by atoms with van der Waals surface area (Å²) in [6.07, 6.45) is 2.56. The Kier molecular flexibility index (Phi) is 5.86. The topological polar surface area (TPSA) is 64.1 Å². The fraction of sp³-hybridized carbons (Fsp3) is 0.545. The van der Waals surface area contributed by atoms with Crippen molar-refractivity contribution in [3.8, 4) is 0 Å². The van der Waals surface area contributed by atoms with Crippen molar-refractivity contribution in [2.75, 3.05) is 25.6 Å². The van der Waals surface area contributed by atoms with Crippen LogP contribution in [-0.4, -0.2) is 36.5 Å². The van der Waals surface area contributed by atoms with Gasteiger partial charge in [0.1, 0.15) is 16.8 Å². The van der Waals surface area contributed by atoms with Gasteiger partial charge in [0.2, 0.25) is 0 Å². The molecule has 0 atom stereocenters. The molecule has 5 nitrogen and oxygen atoms in total. The van der Waals surface area contributed by atoms with Gasteiger partial charge in [-0.3, -0.25) is 4.79 Å². The molecule has 0 fully saturated rings. The van der Waals surface area contributed by atoms with Gasteiger partial charge in [-0.15, -0.1) is 0 Å². The van der Waals surface area contributed by atoms with E-state index in [1.807, 2.05) is 0 Å². The number of aryl methyl sites for hydroxylation is 1. The number of aromatic nitrogens is 2. The molecule has 0 amide bonds. The number of rotatable bonds is 7. The van der Waals surface area contributed by atoms with Crippen LogP contribution >= 0.6 is 11.6 Å². The molecule has 6 heteroatoms. The normalized spacial score (nSPS) is 10.3. The Labute approximate surface area is 106 Å². The van der Waals surface area contributed by atoms with Crippen LogP contribution in [0.1, 0.15) is 29.0 Å². The molecule has 0 aliphatic heterocycles. The molecule has 17 heavy (non-hydrogen) atoms. The minimum absolute atomic E-state index is 0.187. The minimum atomic E-state index is 0.187. The standard InChI is InChI=1S/C11H16ClN3O2/c1-8-14-10(12)9(7-16)11(15-8)13-5-3-4-6-17-2/h7H,3-6H2,1-2H3,(H,13,14,15). The number of unbranched alkanes of at least 4 members (excludes halogenated alkanes) is 1. The zero-order valence-electron chi connectivity index (χ0n) is 9.99. The molecule has 0 aromatic carbocycles. The highest BCUT2D eigenvalue weighted by atomic mass is 35.5. The molecular formula is C11H16ClN3O2. The maximum absolute atomic E-state index is 10.9. The lowest BCUT2D eigenvalue weighted by Crippen LogP contribution is -2.09. The number of ether oxygens (including phenoxy) is 1. The molecule has 1 rings (SSSR count). The number of nitrogens with zero attached hydrogens (tertiary/aromatic N) is 2. The third-order valence-electron chi connectivity index (χ3n) is 2.20. The first-order chi connectivity index (χ1) is 8.19. The number of carbonyl (C=O) groups excluding carboxylic acids is 1. The second kappa shape index (κ2) is 7.19. The summed E-state index contributed by atoms with van der Waals surface area (Å²) in [6, 6.07) is 0. The molecule has 0 radical (unpaired) electrons. The predicted molar refractivity (Wildman–Crippen MR) is 66.8 cm³/mol. The van der Waals surface area contributed by atoms with Gasteiger partial charge >= 0.3 is 0 Å². The molecule has 0 aliphatic rings. The van der Waals surface area contributed by atoms with Crippen LogP contribution in [0.4, 0.5) is 5.82 Å². The second-order valence-electron chi connectivity index (χ2n) is 3.57. The van der Waals surface area contributed by atoms with Gasteiger partial charge in [-0.2, -0.15) is 0 Å². The van der Waals surface area contributed by atoms with Crippen molar-refractivity contribution in [3.63, 3.8) is 0 Å². The van der Waals surface area contributed by atoms with E-state index >= 15 is 0 Å². The van der Waals surface area contributed by atoms with E-state index in [1.54, 1.807) is 14.0 Å². The molecule has 0 bridgehead atoms. The lowest BCUT2D eigenvalue weighted by atomic mass is 10.3. The molecule has 0 unspecified atom stereocenters. The van der Waals surface area contributed by atoms with Gasteiger partial charge in [0.25, 0.3) is 0 Å². The van der Waals surface area contributed by atoms with Gasteiger partial charge in [0, 0.05) is 20.3 Å². The van der Waals surface area contributed by atoms with Crippen LogP contribution in [0.5, 0.6) is 0 Å². The zero-order valence-corrected chi connectivity index (χ0v) is 10.8. The largest absolute Gasteiger partial charge is 0.385 e. The predicted octanol–water partition coefficient (Wildman–Crippen LogP) is 2.09. The number of carbonyl (C=O) groups is 1. The van der Waals surface area contributed by atoms with E-state index in [-0.39, 0.29) is 5.15 Å². The molecule has 0 spiro atoms. The van der Waals surface area contributed by atoms with E-state index in [4.69, 9.17) is 16.3 Å². The SMILES string of the molecule is COCCCCNc1nc(C)nc(Cl)c1C=O. The van der Waals surface area contributed by atoms with Crippen molar-refractivity contribution < 1.29 is 9.53 Å². The molecule has 1 aromatic heterocycles. The third-order valence-corrected chi connectivity index (χ3v) is 2.48. The number of halogens is 1. The molecule has 1 N–H and O–H groups in total. The Morgan fingerprint density at radius 2 is 2.18 bits per heavy atom. The lowest BCUT2D eigenvalue weighted by Gasteiger charge is -2.09. The monoisotopic (exact) mass is 257 g/mol. The van der Waals surface area contributed by atoms with Crippen LogP contribution < -0.4 is 5.32 Å². The zero-order chi connectivity index (χ0) is 12.7. The highest BCUT2D eigenvalue weighted by molar-refractivity contribution is 6.32. The van der Waals surface area contributed by atoms with E-state index in [0.717, 1.165) is 26.0 Å². The molecule has 94 valence electrons. The van der Waals surface area contributed by atoms with Crippen LogP contribution in [0, 0.1) is 6.92 Å². The number of anilines is 1. The number of aldehydes is 1. The minimum Gasteiger partial charge on any atom is -0.385 e. The number of nitrogens with one attached hydrogen (secondary N) is 1. The van der Waals surface area contributed by atoms with Gasteiger partial charge in [-0.1, -0.05) is 11.6 Å². The summed E-state index contributed by atoms with van der Waals surface area (Å²) in [5, 5.41) is 3.27. The summed E-state index contributed by atoms with van der Waals surface area (Å²) in [7, 11) is 1.67. The van der Waals surface area contributed by atoms with Gasteiger partial charge in [-0.25, -0.2) is 9.97 Å². The van der Waals surface area contributed by atoms with Crippen molar-refractivity contribution in [3.05, 3.63) is 16.5 Å². The van der Waals surface area contributed by atoms with Crippen molar-refractivity contribution in [1.29, 1.82) is 0 Å². The highest BCUT2D eigenvalue weighted by Gasteiger charge is 2.10. The van der Waals surface area contributed by atoms with Crippen molar-refractivity contribution in [2.24, 2.45) is 0 Å². The molecule has 1 heterocycles. The number of hydrogen-bond acceptors (Lipinski definition) is 5. The maximum atomic E-state index is 10.9. The summed E-state index contributed by atoms with van der Waals surface area (Å²) < 4.78 is 4.95. The van der Waals surface area contributed by atoms with E-state index in [1.165, 1.54) is 0 Å². The highest BCUT2D eigenvalue weighted by Crippen LogP contribution is 2.18. The number of hydrogen-bond donors (Lipinski definition) is 1. The summed E-state index contributed by atoms with van der Waals surface area (Å²) in [5.74, 6) is 1.04. The van der Waals surface area contributed by atoms with E-state index in [2.05, 4.69) is 15.3 Å². The lowest BCUT2D eigenvalue weighted by molar-refractivity contribution is 0.112. The first kappa shape index (κ1) is 13.9. The van der Waals surface area contributed by atoms with Gasteiger partial charge in [0.05, 0.1) is 5.56 Å². The van der Waals surface area contributed by atoms with Crippen LogP contribution in [-0.2, 0) is 4.74 Å². The molecule has 0 saturated carbocycles. The van der Waals surface area contributed by atoms with Gasteiger partial charge < -0.3 is 10.1 Å². The first-order valence-corrected chi connectivity index (χ1v) is 5.79. The second-order valence-corrected chi connectivity index (χ2v) is 3.93. The first-order valence-electron chi connectivity index (χ1n) is 5.41. The van der Waals surface area contributed by atoms with Gasteiger partial charge in [-0.05, 0) is 19.8 Å². The quantitative estimate of drug-likeness (QED) is 0.460. The maximum Gasteiger partial charge on any atom is 0.156 e. The Morgan fingerprint density at radius 3 is 2.82 bits per heavy atom. The Balaban J connectivity index is 2.60. The molecule has 0 aliphatic carbocycles. The third kappa shape index (κ3) is 4.28.